The highest BCUT2D eigenvalue weighted by molar-refractivity contribution is 8.00. The number of thioether (sulfide) groups is 1. The first kappa shape index (κ1) is 23.1. The third kappa shape index (κ3) is 3.75. The lowest BCUT2D eigenvalue weighted by Gasteiger charge is -2.50. The predicted octanol–water partition coefficient (Wildman–Crippen LogP) is 0.445. The van der Waals surface area contributed by atoms with Crippen LogP contribution in [0.15, 0.2) is 21.8 Å². The number of carbonyl (C=O) groups is 3. The van der Waals surface area contributed by atoms with E-state index in [0.717, 1.165) is 53.9 Å². The van der Waals surface area contributed by atoms with Crippen LogP contribution in [0.4, 0.5) is 5.13 Å². The van der Waals surface area contributed by atoms with Crippen LogP contribution in [0.1, 0.15) is 25.5 Å². The SMILES string of the molecule is CO/N=C(\C(=O)N[C@@H]1C(=O)N2C(C(=O)O)=C(C[N+]34CCC(C)(CC3)C4)CS[C@H]12)c1csc(N)n1. The number of nitrogens with two attached hydrogens (primary N) is 1. The van der Waals surface area contributed by atoms with Crippen LogP contribution < -0.4 is 11.1 Å². The van der Waals surface area contributed by atoms with Gasteiger partial charge >= 0.3 is 5.97 Å². The van der Waals surface area contributed by atoms with E-state index in [-0.39, 0.29) is 22.2 Å². The summed E-state index contributed by atoms with van der Waals surface area (Å²) in [7, 11) is 1.30. The summed E-state index contributed by atoms with van der Waals surface area (Å²) in [6.07, 6.45) is 2.32. The molecule has 0 aromatic carbocycles. The number of fused-ring (bicyclic) bond motifs is 3. The molecule has 0 radical (unpaired) electrons. The van der Waals surface area contributed by atoms with Gasteiger partial charge in [0.05, 0.1) is 19.6 Å². The smallest absolute Gasteiger partial charge is 0.352 e. The van der Waals surface area contributed by atoms with Crippen LogP contribution in [0, 0.1) is 5.41 Å². The molecule has 2 amide bonds. The number of rotatable bonds is 7. The Kier molecular flexibility index (Phi) is 5.60. The van der Waals surface area contributed by atoms with Gasteiger partial charge < -0.3 is 25.5 Å². The number of carboxylic acids is 1. The fourth-order valence-electron chi connectivity index (χ4n) is 5.70. The molecule has 1 aromatic heterocycles. The average Bonchev–Trinajstić information content (AvgIpc) is 3.47. The van der Waals surface area contributed by atoms with Crippen molar-refractivity contribution in [1.29, 1.82) is 0 Å². The summed E-state index contributed by atoms with van der Waals surface area (Å²) >= 11 is 2.63. The number of nitrogens with one attached hydrogen (secondary N) is 1. The maximum atomic E-state index is 13.0. The molecule has 1 aromatic rings. The minimum absolute atomic E-state index is 0.0744. The number of quaternary nitrogens is 1. The van der Waals surface area contributed by atoms with E-state index in [1.165, 1.54) is 23.8 Å². The number of β-lactam (4-membered cyclic amide) rings is 1. The first-order valence-corrected chi connectivity index (χ1v) is 13.0. The van der Waals surface area contributed by atoms with Gasteiger partial charge in [0.2, 0.25) is 0 Å². The van der Waals surface area contributed by atoms with Gasteiger partial charge in [0.1, 0.15) is 36.5 Å². The molecule has 11 nitrogen and oxygen atoms in total. The Bertz CT molecular complexity index is 1120. The van der Waals surface area contributed by atoms with Crippen LogP contribution in [0.25, 0.3) is 0 Å². The molecule has 0 saturated carbocycles. The molecular weight excluding hydrogens is 480 g/mol. The van der Waals surface area contributed by atoms with Crippen molar-refractivity contribution in [3.05, 3.63) is 22.3 Å². The monoisotopic (exact) mass is 507 g/mol. The Balaban J connectivity index is 1.34. The number of carboxylic acid groups (broad SMARTS) is 1. The number of aromatic nitrogens is 1. The summed E-state index contributed by atoms with van der Waals surface area (Å²) in [6.45, 7) is 6.14. The Morgan fingerprint density at radius 1 is 1.44 bits per heavy atom. The number of carbonyl (C=O) groups excluding carboxylic acids is 2. The second-order valence-corrected chi connectivity index (χ2v) is 11.7. The number of thiazole rings is 1. The van der Waals surface area contributed by atoms with Crippen LogP contribution in [0.3, 0.4) is 0 Å². The van der Waals surface area contributed by atoms with Crippen molar-refractivity contribution in [1.82, 2.24) is 15.2 Å². The van der Waals surface area contributed by atoms with Crippen LogP contribution in [-0.2, 0) is 19.2 Å². The molecule has 4 aliphatic heterocycles. The lowest BCUT2D eigenvalue weighted by atomic mass is 9.87. The van der Waals surface area contributed by atoms with Crippen molar-refractivity contribution < 1.29 is 28.8 Å². The van der Waals surface area contributed by atoms with Crippen LogP contribution in [0.5, 0.6) is 0 Å². The zero-order valence-corrected chi connectivity index (χ0v) is 20.6. The van der Waals surface area contributed by atoms with Crippen molar-refractivity contribution in [2.75, 3.05) is 44.8 Å². The Morgan fingerprint density at radius 3 is 2.74 bits per heavy atom. The van der Waals surface area contributed by atoms with Crippen LogP contribution >= 0.6 is 23.1 Å². The maximum absolute atomic E-state index is 13.0. The van der Waals surface area contributed by atoms with Gasteiger partial charge in [-0.1, -0.05) is 12.1 Å². The van der Waals surface area contributed by atoms with Crippen LogP contribution in [0.2, 0.25) is 0 Å². The zero-order valence-electron chi connectivity index (χ0n) is 18.9. The normalized spacial score (nSPS) is 32.5. The number of amides is 2. The van der Waals surface area contributed by atoms with Gasteiger partial charge in [-0.05, 0) is 0 Å². The molecule has 3 saturated heterocycles. The number of hydrogen-bond donors (Lipinski definition) is 3. The van der Waals surface area contributed by atoms with Crippen molar-refractivity contribution in [3.8, 4) is 0 Å². The molecule has 2 atom stereocenters. The van der Waals surface area contributed by atoms with Gasteiger partial charge in [-0.2, -0.15) is 0 Å². The molecule has 0 spiro atoms. The molecule has 5 rings (SSSR count). The van der Waals surface area contributed by atoms with E-state index >= 15 is 0 Å². The summed E-state index contributed by atoms with van der Waals surface area (Å²) in [5.74, 6) is -1.66. The number of oxime groups is 1. The second-order valence-electron chi connectivity index (χ2n) is 9.73. The summed E-state index contributed by atoms with van der Waals surface area (Å²) < 4.78 is 0.906. The molecule has 5 heterocycles. The highest BCUT2D eigenvalue weighted by Gasteiger charge is 2.57. The molecule has 3 fully saturated rings. The Labute approximate surface area is 204 Å². The fraction of sp³-hybridized carbons (Fsp3) is 0.571. The molecule has 4 N–H and O–H groups in total. The minimum atomic E-state index is -1.10. The molecule has 0 aliphatic carbocycles. The number of piperidine rings is 1. The maximum Gasteiger partial charge on any atom is 0.352 e. The van der Waals surface area contributed by atoms with Crippen LogP contribution in [-0.4, -0.2) is 93.4 Å². The lowest BCUT2D eigenvalue weighted by Crippen LogP contribution is -2.71. The topological polar surface area (TPSA) is 147 Å². The summed E-state index contributed by atoms with van der Waals surface area (Å²) in [6, 6.07) is -0.861. The first-order valence-electron chi connectivity index (χ1n) is 11.0. The van der Waals surface area contributed by atoms with E-state index < -0.39 is 29.2 Å². The number of aliphatic carboxylic acids is 1. The third-order valence-corrected chi connectivity index (χ3v) is 9.33. The van der Waals surface area contributed by atoms with E-state index in [9.17, 15) is 19.5 Å². The van der Waals surface area contributed by atoms with E-state index in [4.69, 9.17) is 10.6 Å². The zero-order chi connectivity index (χ0) is 24.3. The number of anilines is 1. The van der Waals surface area contributed by atoms with Crippen molar-refractivity contribution in [2.24, 2.45) is 10.6 Å². The largest absolute Gasteiger partial charge is 0.477 e. The Morgan fingerprint density at radius 2 is 2.18 bits per heavy atom. The quantitative estimate of drug-likeness (QED) is 0.209. The summed E-state index contributed by atoms with van der Waals surface area (Å²) in [5, 5.41) is 17.8. The van der Waals surface area contributed by atoms with E-state index in [0.29, 0.717) is 17.7 Å². The molecule has 13 heteroatoms. The molecule has 182 valence electrons. The average molecular weight is 508 g/mol. The van der Waals surface area contributed by atoms with Crippen molar-refractivity contribution >= 4 is 51.7 Å². The third-order valence-electron chi connectivity index (χ3n) is 7.32. The second kappa shape index (κ2) is 8.24. The van der Waals surface area contributed by atoms with Gasteiger partial charge in [-0.15, -0.1) is 23.1 Å². The summed E-state index contributed by atoms with van der Waals surface area (Å²) in [5.41, 5.74) is 7.03. The number of hydrogen-bond acceptors (Lipinski definition) is 9. The molecule has 2 bridgehead atoms. The molecule has 0 unspecified atom stereocenters. The molecule has 34 heavy (non-hydrogen) atoms. The lowest BCUT2D eigenvalue weighted by molar-refractivity contribution is -0.904. The predicted molar refractivity (Wildman–Crippen MR) is 127 cm³/mol. The number of nitrogens with zero attached hydrogens (tertiary/aromatic N) is 4. The van der Waals surface area contributed by atoms with Gasteiger partial charge in [-0.3, -0.25) is 14.5 Å². The van der Waals surface area contributed by atoms with Gasteiger partial charge in [0, 0.05) is 35.0 Å². The summed E-state index contributed by atoms with van der Waals surface area (Å²) in [4.78, 5) is 48.3. The van der Waals surface area contributed by atoms with E-state index in [1.54, 1.807) is 5.38 Å². The fourth-order valence-corrected chi connectivity index (χ4v) is 7.59. The van der Waals surface area contributed by atoms with Gasteiger partial charge in [0.15, 0.2) is 10.8 Å². The molecular formula is C21H27N6O5S2+. The van der Waals surface area contributed by atoms with Gasteiger partial charge in [0.25, 0.3) is 11.8 Å². The van der Waals surface area contributed by atoms with Crippen molar-refractivity contribution in [2.45, 2.75) is 31.2 Å². The van der Waals surface area contributed by atoms with Crippen molar-refractivity contribution in [3.63, 3.8) is 0 Å². The first-order chi connectivity index (χ1) is 16.2. The van der Waals surface area contributed by atoms with Gasteiger partial charge in [-0.25, -0.2) is 9.78 Å². The van der Waals surface area contributed by atoms with E-state index in [2.05, 4.69) is 22.4 Å². The standard InChI is InChI=1S/C21H26N6O5S2/c1-21-3-5-27(10-21,6-4-21)7-11-8-33-18-14(17(29)26(18)15(11)19(30)31)24-16(28)13(25-32-2)12-9-34-20(22)23-12/h9,14,18H,3-8,10H2,1-2H3,(H3-,22,23,24,28,30,31)/p+1/b25-13-/t14-,18-,21?,27?/m1/s1. The van der Waals surface area contributed by atoms with E-state index in [1.807, 2.05) is 0 Å². The number of nitrogen functional groups attached to an aromatic ring is 1. The highest BCUT2D eigenvalue weighted by Crippen LogP contribution is 2.47. The molecule has 4 aliphatic rings. The Hall–Kier alpha value is -2.64. The highest BCUT2D eigenvalue weighted by atomic mass is 32.2. The minimum Gasteiger partial charge on any atom is -0.477 e.